The summed E-state index contributed by atoms with van der Waals surface area (Å²) in [7, 11) is 0. The zero-order chi connectivity index (χ0) is 16.0. The number of nitro benzene ring substituents is 1. The van der Waals surface area contributed by atoms with E-state index in [9.17, 15) is 24.1 Å². The van der Waals surface area contributed by atoms with E-state index in [0.717, 1.165) is 24.6 Å². The highest BCUT2D eigenvalue weighted by Crippen LogP contribution is 2.18. The molecule has 1 aromatic carbocycles. The Hall–Kier alpha value is -2.51. The van der Waals surface area contributed by atoms with Gasteiger partial charge >= 0.3 is 5.69 Å². The molecule has 2 amide bonds. The quantitative estimate of drug-likeness (QED) is 0.611. The number of rotatable bonds is 6. The van der Waals surface area contributed by atoms with Crippen molar-refractivity contribution in [2.24, 2.45) is 0 Å². The van der Waals surface area contributed by atoms with Crippen LogP contribution in [-0.4, -0.2) is 29.3 Å². The van der Waals surface area contributed by atoms with Gasteiger partial charge in [-0.15, -0.1) is 0 Å². The maximum atomic E-state index is 13.2. The standard InChI is InChI=1S/C13H16FN3O4/c1-3-6-15-12(18)8(2)16-13(19)9-4-5-10(14)11(7-9)17(20)21/h4-5,7-8H,3,6H2,1-2H3,(H,15,18)(H,16,19)/t8-/m0/s1. The minimum atomic E-state index is -1.02. The lowest BCUT2D eigenvalue weighted by atomic mass is 10.1. The molecular weight excluding hydrogens is 281 g/mol. The van der Waals surface area contributed by atoms with Gasteiger partial charge in [-0.05, 0) is 25.5 Å². The molecule has 0 fully saturated rings. The molecule has 114 valence electrons. The fourth-order valence-electron chi connectivity index (χ4n) is 1.54. The van der Waals surface area contributed by atoms with Crippen molar-refractivity contribution in [1.82, 2.24) is 10.6 Å². The second kappa shape index (κ2) is 7.32. The zero-order valence-corrected chi connectivity index (χ0v) is 11.7. The van der Waals surface area contributed by atoms with Crippen LogP contribution in [0.1, 0.15) is 30.6 Å². The van der Waals surface area contributed by atoms with Gasteiger partial charge in [0.1, 0.15) is 6.04 Å². The summed E-state index contributed by atoms with van der Waals surface area (Å²) in [6, 6.07) is 2.00. The summed E-state index contributed by atoms with van der Waals surface area (Å²) in [6.07, 6.45) is 0.760. The lowest BCUT2D eigenvalue weighted by Crippen LogP contribution is -2.45. The van der Waals surface area contributed by atoms with Gasteiger partial charge in [-0.1, -0.05) is 6.92 Å². The molecule has 21 heavy (non-hydrogen) atoms. The van der Waals surface area contributed by atoms with E-state index in [1.165, 1.54) is 6.92 Å². The summed E-state index contributed by atoms with van der Waals surface area (Å²) in [5.41, 5.74) is -0.871. The number of amides is 2. The SMILES string of the molecule is CCCNC(=O)[C@H](C)NC(=O)c1ccc(F)c([N+](=O)[O-])c1. The molecule has 0 bridgehead atoms. The lowest BCUT2D eigenvalue weighted by molar-refractivity contribution is -0.387. The molecule has 0 aliphatic rings. The third-order valence-electron chi connectivity index (χ3n) is 2.70. The van der Waals surface area contributed by atoms with Gasteiger partial charge in [0.05, 0.1) is 4.92 Å². The minimum absolute atomic E-state index is 0.0850. The first kappa shape index (κ1) is 16.5. The summed E-state index contributed by atoms with van der Waals surface area (Å²) in [4.78, 5) is 33.2. The van der Waals surface area contributed by atoms with Crippen molar-refractivity contribution < 1.29 is 18.9 Å². The van der Waals surface area contributed by atoms with E-state index in [1.807, 2.05) is 6.92 Å². The van der Waals surface area contributed by atoms with Crippen molar-refractivity contribution in [1.29, 1.82) is 0 Å². The molecule has 0 saturated heterocycles. The van der Waals surface area contributed by atoms with Crippen LogP contribution < -0.4 is 10.6 Å². The maximum Gasteiger partial charge on any atom is 0.305 e. The molecule has 0 spiro atoms. The van der Waals surface area contributed by atoms with E-state index < -0.39 is 28.4 Å². The molecule has 0 saturated carbocycles. The van der Waals surface area contributed by atoms with E-state index >= 15 is 0 Å². The maximum absolute atomic E-state index is 13.2. The molecule has 7 nitrogen and oxygen atoms in total. The fourth-order valence-corrected chi connectivity index (χ4v) is 1.54. The van der Waals surface area contributed by atoms with E-state index in [2.05, 4.69) is 10.6 Å². The molecule has 1 rings (SSSR count). The molecule has 2 N–H and O–H groups in total. The van der Waals surface area contributed by atoms with Crippen molar-refractivity contribution >= 4 is 17.5 Å². The van der Waals surface area contributed by atoms with Crippen molar-refractivity contribution in [3.63, 3.8) is 0 Å². The number of halogens is 1. The lowest BCUT2D eigenvalue weighted by Gasteiger charge is -2.13. The monoisotopic (exact) mass is 297 g/mol. The fraction of sp³-hybridized carbons (Fsp3) is 0.385. The third-order valence-corrected chi connectivity index (χ3v) is 2.70. The topological polar surface area (TPSA) is 101 Å². The summed E-state index contributed by atoms with van der Waals surface area (Å²) < 4.78 is 13.2. The Morgan fingerprint density at radius 2 is 2.10 bits per heavy atom. The van der Waals surface area contributed by atoms with Crippen LogP contribution in [0.5, 0.6) is 0 Å². The molecule has 0 aliphatic carbocycles. The number of benzene rings is 1. The van der Waals surface area contributed by atoms with Crippen LogP contribution in [0.25, 0.3) is 0 Å². The van der Waals surface area contributed by atoms with Gasteiger partial charge in [-0.2, -0.15) is 4.39 Å². The number of carbonyl (C=O) groups excluding carboxylic acids is 2. The zero-order valence-electron chi connectivity index (χ0n) is 11.7. The number of nitro groups is 1. The summed E-state index contributed by atoms with van der Waals surface area (Å²) >= 11 is 0. The molecule has 1 aromatic rings. The van der Waals surface area contributed by atoms with Crippen LogP contribution in [0.4, 0.5) is 10.1 Å². The number of hydrogen-bond donors (Lipinski definition) is 2. The molecule has 0 unspecified atom stereocenters. The number of nitrogens with zero attached hydrogens (tertiary/aromatic N) is 1. The molecule has 0 heterocycles. The van der Waals surface area contributed by atoms with Crippen LogP contribution in [0, 0.1) is 15.9 Å². The average molecular weight is 297 g/mol. The number of hydrogen-bond acceptors (Lipinski definition) is 4. The van der Waals surface area contributed by atoms with Gasteiger partial charge < -0.3 is 10.6 Å². The molecule has 1 atom stereocenters. The van der Waals surface area contributed by atoms with Gasteiger partial charge in [0.15, 0.2) is 0 Å². The van der Waals surface area contributed by atoms with Crippen molar-refractivity contribution in [2.45, 2.75) is 26.3 Å². The second-order valence-corrected chi connectivity index (χ2v) is 4.41. The third kappa shape index (κ3) is 4.51. The molecule has 0 aromatic heterocycles. The molecule has 0 radical (unpaired) electrons. The number of nitrogens with one attached hydrogen (secondary N) is 2. The van der Waals surface area contributed by atoms with E-state index in [0.29, 0.717) is 6.54 Å². The first-order chi connectivity index (χ1) is 9.86. The van der Waals surface area contributed by atoms with Gasteiger partial charge in [0, 0.05) is 18.2 Å². The Bertz CT molecular complexity index is 562. The van der Waals surface area contributed by atoms with Crippen LogP contribution in [0.15, 0.2) is 18.2 Å². The normalized spacial score (nSPS) is 11.6. The highest BCUT2D eigenvalue weighted by atomic mass is 19.1. The van der Waals surface area contributed by atoms with Crippen LogP contribution >= 0.6 is 0 Å². The van der Waals surface area contributed by atoms with Gasteiger partial charge in [0.25, 0.3) is 5.91 Å². The molecular formula is C13H16FN3O4. The summed E-state index contributed by atoms with van der Waals surface area (Å²) in [6.45, 7) is 3.86. The second-order valence-electron chi connectivity index (χ2n) is 4.41. The van der Waals surface area contributed by atoms with E-state index in [-0.39, 0.29) is 11.5 Å². The Morgan fingerprint density at radius 1 is 1.43 bits per heavy atom. The van der Waals surface area contributed by atoms with Crippen molar-refractivity contribution in [2.75, 3.05) is 6.54 Å². The van der Waals surface area contributed by atoms with Gasteiger partial charge in [-0.25, -0.2) is 0 Å². The average Bonchev–Trinajstić information content (AvgIpc) is 2.44. The largest absolute Gasteiger partial charge is 0.354 e. The smallest absolute Gasteiger partial charge is 0.305 e. The van der Waals surface area contributed by atoms with Gasteiger partial charge in [-0.3, -0.25) is 19.7 Å². The van der Waals surface area contributed by atoms with Crippen LogP contribution in [0.2, 0.25) is 0 Å². The Kier molecular flexibility index (Phi) is 5.77. The Morgan fingerprint density at radius 3 is 2.67 bits per heavy atom. The predicted octanol–water partition coefficient (Wildman–Crippen LogP) is 1.38. The highest BCUT2D eigenvalue weighted by Gasteiger charge is 2.20. The van der Waals surface area contributed by atoms with Crippen molar-refractivity contribution in [3.8, 4) is 0 Å². The number of carbonyl (C=O) groups is 2. The molecule has 8 heteroatoms. The van der Waals surface area contributed by atoms with Crippen LogP contribution in [-0.2, 0) is 4.79 Å². The predicted molar refractivity (Wildman–Crippen MR) is 73.3 cm³/mol. The Labute approximate surface area is 120 Å². The van der Waals surface area contributed by atoms with E-state index in [4.69, 9.17) is 0 Å². The van der Waals surface area contributed by atoms with E-state index in [1.54, 1.807) is 0 Å². The Balaban J connectivity index is 2.78. The van der Waals surface area contributed by atoms with Crippen LogP contribution in [0.3, 0.4) is 0 Å². The summed E-state index contributed by atoms with van der Waals surface area (Å²) in [5, 5.41) is 15.6. The summed E-state index contributed by atoms with van der Waals surface area (Å²) in [5.74, 6) is -2.07. The first-order valence-corrected chi connectivity index (χ1v) is 6.39. The van der Waals surface area contributed by atoms with Crippen molar-refractivity contribution in [3.05, 3.63) is 39.7 Å². The highest BCUT2D eigenvalue weighted by molar-refractivity contribution is 5.97. The first-order valence-electron chi connectivity index (χ1n) is 6.39. The molecule has 0 aliphatic heterocycles. The minimum Gasteiger partial charge on any atom is -0.354 e. The van der Waals surface area contributed by atoms with Gasteiger partial charge in [0.2, 0.25) is 11.7 Å².